The normalized spacial score (nSPS) is 12.2. The Kier molecular flexibility index (Phi) is 4.80. The van der Waals surface area contributed by atoms with Gasteiger partial charge in [0.2, 0.25) is 0 Å². The average Bonchev–Trinajstić information content (AvgIpc) is 3.38. The van der Waals surface area contributed by atoms with Gasteiger partial charge in [-0.2, -0.15) is 0 Å². The molecular formula is C36H22N6. The first-order valence-corrected chi connectivity index (χ1v) is 13.9. The smallest absolute Gasteiger partial charge is 0.115 e. The lowest BCUT2D eigenvalue weighted by molar-refractivity contribution is 1.07. The fraction of sp³-hybridized carbons (Fsp3) is 0. The molecule has 1 aliphatic heterocycles. The van der Waals surface area contributed by atoms with E-state index >= 15 is 0 Å². The van der Waals surface area contributed by atoms with Gasteiger partial charge in [-0.1, -0.05) is 66.7 Å². The molecule has 42 heavy (non-hydrogen) atoms. The van der Waals surface area contributed by atoms with Gasteiger partial charge in [-0.15, -0.1) is 0 Å². The fourth-order valence-electron chi connectivity index (χ4n) is 6.50. The van der Waals surface area contributed by atoms with Crippen LogP contribution in [0.3, 0.4) is 0 Å². The Hall–Kier alpha value is -5.88. The molecule has 0 amide bonds. The van der Waals surface area contributed by atoms with Gasteiger partial charge in [0.05, 0.1) is 58.6 Å². The van der Waals surface area contributed by atoms with Crippen molar-refractivity contribution < 1.29 is 0 Å². The minimum atomic E-state index is 0.914. The Morgan fingerprint density at radius 1 is 0.476 bits per heavy atom. The molecule has 0 saturated heterocycles. The molecule has 1 aliphatic rings. The number of nitrogens with zero attached hydrogens (tertiary/aromatic N) is 6. The third kappa shape index (κ3) is 3.26. The van der Waals surface area contributed by atoms with E-state index in [0.29, 0.717) is 0 Å². The number of fused-ring (bicyclic) bond motifs is 5. The van der Waals surface area contributed by atoms with Gasteiger partial charge in [-0.05, 0) is 52.4 Å². The second kappa shape index (κ2) is 8.81. The van der Waals surface area contributed by atoms with Crippen LogP contribution in [0.4, 0.5) is 17.1 Å². The third-order valence-electron chi connectivity index (χ3n) is 8.25. The Balaban J connectivity index is 1.43. The molecule has 0 radical (unpaired) electrons. The van der Waals surface area contributed by atoms with Crippen molar-refractivity contribution in [2.75, 3.05) is 4.90 Å². The maximum atomic E-state index is 4.38. The summed E-state index contributed by atoms with van der Waals surface area (Å²) in [5.41, 5.74) is 11.0. The molecular weight excluding hydrogens is 516 g/mol. The van der Waals surface area contributed by atoms with E-state index in [9.17, 15) is 0 Å². The SMILES string of the molecule is c1ccc(-c2ccc3c(c2)c2cc4c(cc2n3-c2cncnc2)N(c2cncnc2)c2cccc3cccc-4c23)cc1. The van der Waals surface area contributed by atoms with Crippen LogP contribution in [0.2, 0.25) is 0 Å². The Labute approximate surface area is 241 Å². The van der Waals surface area contributed by atoms with Gasteiger partial charge < -0.3 is 9.47 Å². The van der Waals surface area contributed by atoms with Crippen LogP contribution in [0.1, 0.15) is 0 Å². The minimum Gasteiger partial charge on any atom is -0.306 e. The minimum absolute atomic E-state index is 0.914. The molecule has 8 aromatic rings. The molecule has 6 nitrogen and oxygen atoms in total. The number of anilines is 3. The summed E-state index contributed by atoms with van der Waals surface area (Å²) in [6, 6.07) is 34.9. The van der Waals surface area contributed by atoms with Gasteiger partial charge in [-0.25, -0.2) is 19.9 Å². The van der Waals surface area contributed by atoms with Gasteiger partial charge in [-0.3, -0.25) is 0 Å². The third-order valence-corrected chi connectivity index (χ3v) is 8.25. The molecule has 0 fully saturated rings. The van der Waals surface area contributed by atoms with E-state index in [1.54, 1.807) is 12.7 Å². The van der Waals surface area contributed by atoms with E-state index in [2.05, 4.69) is 126 Å². The summed E-state index contributed by atoms with van der Waals surface area (Å²) in [5, 5.41) is 4.78. The summed E-state index contributed by atoms with van der Waals surface area (Å²) >= 11 is 0. The van der Waals surface area contributed by atoms with E-state index in [-0.39, 0.29) is 0 Å². The van der Waals surface area contributed by atoms with Crippen molar-refractivity contribution >= 4 is 49.6 Å². The monoisotopic (exact) mass is 538 g/mol. The summed E-state index contributed by atoms with van der Waals surface area (Å²) in [4.78, 5) is 19.8. The van der Waals surface area contributed by atoms with Crippen molar-refractivity contribution in [2.45, 2.75) is 0 Å². The van der Waals surface area contributed by atoms with Crippen LogP contribution in [0.5, 0.6) is 0 Å². The summed E-state index contributed by atoms with van der Waals surface area (Å²) in [6.07, 6.45) is 10.6. The van der Waals surface area contributed by atoms with Crippen LogP contribution in [0.25, 0.3) is 60.5 Å². The quantitative estimate of drug-likeness (QED) is 0.225. The molecule has 0 saturated carbocycles. The molecule has 0 bridgehead atoms. The van der Waals surface area contributed by atoms with Gasteiger partial charge in [0.15, 0.2) is 0 Å². The van der Waals surface area contributed by atoms with Gasteiger partial charge in [0, 0.05) is 21.7 Å². The molecule has 0 unspecified atom stereocenters. The lowest BCUT2D eigenvalue weighted by Crippen LogP contribution is -2.15. The summed E-state index contributed by atoms with van der Waals surface area (Å²) < 4.78 is 2.26. The highest BCUT2D eigenvalue weighted by atomic mass is 15.2. The molecule has 3 aromatic heterocycles. The van der Waals surface area contributed by atoms with Crippen LogP contribution in [-0.2, 0) is 0 Å². The Morgan fingerprint density at radius 3 is 1.98 bits per heavy atom. The molecule has 0 N–H and O–H groups in total. The van der Waals surface area contributed by atoms with Crippen molar-refractivity contribution in [3.63, 3.8) is 0 Å². The van der Waals surface area contributed by atoms with E-state index in [1.807, 2.05) is 24.8 Å². The lowest BCUT2D eigenvalue weighted by atomic mass is 9.90. The maximum absolute atomic E-state index is 4.38. The molecule has 5 aromatic carbocycles. The highest BCUT2D eigenvalue weighted by Gasteiger charge is 2.28. The zero-order valence-corrected chi connectivity index (χ0v) is 22.4. The van der Waals surface area contributed by atoms with Gasteiger partial charge in [0.1, 0.15) is 12.7 Å². The Morgan fingerprint density at radius 2 is 1.19 bits per heavy atom. The first kappa shape index (κ1) is 22.9. The average molecular weight is 539 g/mol. The van der Waals surface area contributed by atoms with E-state index < -0.39 is 0 Å². The van der Waals surface area contributed by atoms with Crippen LogP contribution >= 0.6 is 0 Å². The summed E-state index contributed by atoms with van der Waals surface area (Å²) in [5.74, 6) is 0. The number of hydrogen-bond donors (Lipinski definition) is 0. The zero-order chi connectivity index (χ0) is 27.6. The second-order valence-electron chi connectivity index (χ2n) is 10.5. The lowest BCUT2D eigenvalue weighted by Gasteiger charge is -2.33. The highest BCUT2D eigenvalue weighted by molar-refractivity contribution is 6.19. The maximum Gasteiger partial charge on any atom is 0.115 e. The van der Waals surface area contributed by atoms with Crippen molar-refractivity contribution in [3.8, 4) is 27.9 Å². The predicted octanol–water partition coefficient (Wildman–Crippen LogP) is 8.63. The molecule has 196 valence electrons. The first-order chi connectivity index (χ1) is 20.8. The molecule has 0 spiro atoms. The van der Waals surface area contributed by atoms with Crippen molar-refractivity contribution in [3.05, 3.63) is 135 Å². The molecule has 9 rings (SSSR count). The fourth-order valence-corrected chi connectivity index (χ4v) is 6.50. The molecule has 4 heterocycles. The Bertz CT molecular complexity index is 2290. The summed E-state index contributed by atoms with van der Waals surface area (Å²) in [6.45, 7) is 0. The van der Waals surface area contributed by atoms with Crippen LogP contribution in [0, 0.1) is 0 Å². The molecule has 0 atom stereocenters. The van der Waals surface area contributed by atoms with Gasteiger partial charge in [0.25, 0.3) is 0 Å². The number of rotatable bonds is 3. The zero-order valence-electron chi connectivity index (χ0n) is 22.4. The van der Waals surface area contributed by atoms with Crippen molar-refractivity contribution in [1.29, 1.82) is 0 Å². The van der Waals surface area contributed by atoms with E-state index in [0.717, 1.165) is 33.8 Å². The van der Waals surface area contributed by atoms with E-state index in [4.69, 9.17) is 0 Å². The summed E-state index contributed by atoms with van der Waals surface area (Å²) in [7, 11) is 0. The second-order valence-corrected chi connectivity index (χ2v) is 10.5. The molecule has 0 aliphatic carbocycles. The van der Waals surface area contributed by atoms with Crippen LogP contribution in [-0.4, -0.2) is 24.5 Å². The number of aromatic nitrogens is 5. The number of benzene rings is 5. The van der Waals surface area contributed by atoms with Gasteiger partial charge >= 0.3 is 0 Å². The standard InChI is InChI=1S/C36H22N6/c1-2-6-23(7-3-1)25-12-13-32-29(14-25)31-15-30-28-10-4-8-24-9-5-11-33(36(24)28)42(27-19-39-22-40-20-27)34(30)16-35(31)41(32)26-17-37-21-38-18-26/h1-22H. The first-order valence-electron chi connectivity index (χ1n) is 13.9. The predicted molar refractivity (Wildman–Crippen MR) is 169 cm³/mol. The number of hydrogen-bond acceptors (Lipinski definition) is 5. The van der Waals surface area contributed by atoms with Crippen LogP contribution < -0.4 is 4.90 Å². The van der Waals surface area contributed by atoms with E-state index in [1.165, 1.54) is 43.8 Å². The largest absolute Gasteiger partial charge is 0.306 e. The van der Waals surface area contributed by atoms with Crippen molar-refractivity contribution in [2.24, 2.45) is 0 Å². The highest BCUT2D eigenvalue weighted by Crippen LogP contribution is 2.52. The van der Waals surface area contributed by atoms with Crippen LogP contribution in [0.15, 0.2) is 135 Å². The van der Waals surface area contributed by atoms with Crippen molar-refractivity contribution in [1.82, 2.24) is 24.5 Å². The topological polar surface area (TPSA) is 59.7 Å². The molecule has 6 heteroatoms.